The highest BCUT2D eigenvalue weighted by Gasteiger charge is 2.31. The zero-order valence-corrected chi connectivity index (χ0v) is 22.8. The summed E-state index contributed by atoms with van der Waals surface area (Å²) in [4.78, 5) is 26.5. The van der Waals surface area contributed by atoms with Crippen LogP contribution < -0.4 is 5.32 Å². The molecule has 0 aromatic heterocycles. The lowest BCUT2D eigenvalue weighted by atomic mass is 10.0. The van der Waals surface area contributed by atoms with Gasteiger partial charge in [0.2, 0.25) is 0 Å². The number of nitrogens with one attached hydrogen (secondary N) is 1. The molecule has 218 valence electrons. The van der Waals surface area contributed by atoms with Gasteiger partial charge < -0.3 is 20.1 Å². The van der Waals surface area contributed by atoms with Crippen LogP contribution in [0.4, 0.5) is 18.0 Å². The number of alkyl halides is 3. The van der Waals surface area contributed by atoms with E-state index in [-0.39, 0.29) is 31.9 Å². The lowest BCUT2D eigenvalue weighted by molar-refractivity contribution is -0.141. The quantitative estimate of drug-likeness (QED) is 0.195. The standard InChI is InChI=1S/C33H31F3N2O4/c34-33(35,36)29-13-7-10-26(20-29)21-38(19-18-24-14-16-28(17-15-24)27-11-5-2-6-12-27)32(41)37-30(31(39)40)23-42-22-25-8-3-1-4-9-25/h1-17,20,30H,18-19,21-23H2,(H,37,41)(H,39,40)/t30-/m0/s1. The topological polar surface area (TPSA) is 78.9 Å². The Kier molecular flexibility index (Phi) is 10.3. The molecule has 2 N–H and O–H groups in total. The van der Waals surface area contributed by atoms with Crippen molar-refractivity contribution in [3.8, 4) is 11.1 Å². The molecule has 0 spiro atoms. The van der Waals surface area contributed by atoms with Crippen molar-refractivity contribution >= 4 is 12.0 Å². The van der Waals surface area contributed by atoms with Crippen molar-refractivity contribution in [1.82, 2.24) is 10.2 Å². The lowest BCUT2D eigenvalue weighted by Gasteiger charge is -2.26. The van der Waals surface area contributed by atoms with Crippen LogP contribution in [0.5, 0.6) is 0 Å². The molecule has 0 bridgehead atoms. The molecule has 0 unspecified atom stereocenters. The molecule has 2 amide bonds. The maximum absolute atomic E-state index is 13.3. The van der Waals surface area contributed by atoms with Gasteiger partial charge in [-0.3, -0.25) is 0 Å². The van der Waals surface area contributed by atoms with E-state index in [0.29, 0.717) is 6.42 Å². The van der Waals surface area contributed by atoms with Gasteiger partial charge in [0.1, 0.15) is 0 Å². The number of hydrogen-bond acceptors (Lipinski definition) is 3. The number of amides is 2. The fraction of sp³-hybridized carbons (Fsp3) is 0.212. The van der Waals surface area contributed by atoms with Crippen molar-refractivity contribution in [2.45, 2.75) is 31.8 Å². The van der Waals surface area contributed by atoms with Gasteiger partial charge in [-0.05, 0) is 46.4 Å². The summed E-state index contributed by atoms with van der Waals surface area (Å²) in [6.07, 6.45) is -4.13. The van der Waals surface area contributed by atoms with Crippen LogP contribution in [0.25, 0.3) is 11.1 Å². The summed E-state index contributed by atoms with van der Waals surface area (Å²) >= 11 is 0. The third-order valence-corrected chi connectivity index (χ3v) is 6.64. The maximum Gasteiger partial charge on any atom is 0.416 e. The first-order chi connectivity index (χ1) is 20.2. The van der Waals surface area contributed by atoms with E-state index in [1.807, 2.05) is 84.9 Å². The fourth-order valence-corrected chi connectivity index (χ4v) is 4.36. The average molecular weight is 577 g/mol. The van der Waals surface area contributed by atoms with Crippen molar-refractivity contribution in [3.05, 3.63) is 131 Å². The number of aliphatic carboxylic acids is 1. The molecule has 0 aliphatic carbocycles. The van der Waals surface area contributed by atoms with Crippen molar-refractivity contribution in [3.63, 3.8) is 0 Å². The molecule has 1 atom stereocenters. The molecular weight excluding hydrogens is 545 g/mol. The van der Waals surface area contributed by atoms with Crippen LogP contribution in [0, 0.1) is 0 Å². The van der Waals surface area contributed by atoms with Gasteiger partial charge in [0.25, 0.3) is 0 Å². The van der Waals surface area contributed by atoms with Gasteiger partial charge in [-0.25, -0.2) is 9.59 Å². The zero-order valence-electron chi connectivity index (χ0n) is 22.8. The van der Waals surface area contributed by atoms with E-state index in [1.165, 1.54) is 17.0 Å². The van der Waals surface area contributed by atoms with Crippen LogP contribution in [0.3, 0.4) is 0 Å². The summed E-state index contributed by atoms with van der Waals surface area (Å²) < 4.78 is 45.5. The Balaban J connectivity index is 1.46. The maximum atomic E-state index is 13.3. The predicted molar refractivity (Wildman–Crippen MR) is 153 cm³/mol. The third kappa shape index (κ3) is 8.94. The van der Waals surface area contributed by atoms with Crippen molar-refractivity contribution < 1.29 is 32.6 Å². The van der Waals surface area contributed by atoms with Gasteiger partial charge in [0.15, 0.2) is 6.04 Å². The van der Waals surface area contributed by atoms with E-state index in [4.69, 9.17) is 4.74 Å². The highest BCUT2D eigenvalue weighted by atomic mass is 19.4. The number of carboxylic acids is 1. The van der Waals surface area contributed by atoms with E-state index in [2.05, 4.69) is 5.32 Å². The van der Waals surface area contributed by atoms with E-state index in [9.17, 15) is 27.9 Å². The summed E-state index contributed by atoms with van der Waals surface area (Å²) in [6.45, 7) is -0.124. The number of benzene rings is 4. The number of carbonyl (C=O) groups excluding carboxylic acids is 1. The second-order valence-electron chi connectivity index (χ2n) is 9.77. The Bertz CT molecular complexity index is 1450. The molecule has 0 aliphatic rings. The SMILES string of the molecule is O=C(O)[C@H](COCc1ccccc1)NC(=O)N(CCc1ccc(-c2ccccc2)cc1)Cc1cccc(C(F)(F)F)c1. The molecule has 0 radical (unpaired) electrons. The first-order valence-corrected chi connectivity index (χ1v) is 13.4. The molecule has 6 nitrogen and oxygen atoms in total. The van der Waals surface area contributed by atoms with Crippen LogP contribution in [-0.4, -0.2) is 41.2 Å². The Morgan fingerprint density at radius 1 is 0.786 bits per heavy atom. The number of halogens is 3. The molecular formula is C33H31F3N2O4. The van der Waals surface area contributed by atoms with Crippen LogP contribution in [-0.2, 0) is 35.3 Å². The minimum atomic E-state index is -4.53. The molecule has 4 aromatic rings. The smallest absolute Gasteiger partial charge is 0.416 e. The summed E-state index contributed by atoms with van der Waals surface area (Å²) in [5.74, 6) is -1.29. The largest absolute Gasteiger partial charge is 0.480 e. The first kappa shape index (κ1) is 30.3. The van der Waals surface area contributed by atoms with Crippen LogP contribution in [0.2, 0.25) is 0 Å². The number of rotatable bonds is 12. The molecule has 0 saturated heterocycles. The fourth-order valence-electron chi connectivity index (χ4n) is 4.36. The van der Waals surface area contributed by atoms with Crippen molar-refractivity contribution in [1.29, 1.82) is 0 Å². The van der Waals surface area contributed by atoms with Gasteiger partial charge in [-0.15, -0.1) is 0 Å². The number of nitrogens with zero attached hydrogens (tertiary/aromatic N) is 1. The van der Waals surface area contributed by atoms with Gasteiger partial charge >= 0.3 is 18.2 Å². The molecule has 4 rings (SSSR count). The molecule has 0 fully saturated rings. The molecule has 0 aliphatic heterocycles. The Labute approximate surface area is 242 Å². The van der Waals surface area contributed by atoms with Crippen molar-refractivity contribution in [2.24, 2.45) is 0 Å². The highest BCUT2D eigenvalue weighted by molar-refractivity contribution is 5.82. The Hall–Kier alpha value is -4.63. The number of ether oxygens (including phenoxy) is 1. The second kappa shape index (κ2) is 14.3. The summed E-state index contributed by atoms with van der Waals surface area (Å²) in [5.41, 5.74) is 3.29. The summed E-state index contributed by atoms with van der Waals surface area (Å²) in [5, 5.41) is 12.2. The van der Waals surface area contributed by atoms with Crippen LogP contribution in [0.15, 0.2) is 109 Å². The highest BCUT2D eigenvalue weighted by Crippen LogP contribution is 2.30. The average Bonchev–Trinajstić information content (AvgIpc) is 2.99. The second-order valence-corrected chi connectivity index (χ2v) is 9.77. The normalized spacial score (nSPS) is 12.0. The van der Waals surface area contributed by atoms with E-state index in [0.717, 1.165) is 34.4 Å². The first-order valence-electron chi connectivity index (χ1n) is 13.4. The number of carbonyl (C=O) groups is 2. The number of urea groups is 1. The number of hydrogen-bond donors (Lipinski definition) is 2. The monoisotopic (exact) mass is 576 g/mol. The van der Waals surface area contributed by atoms with Gasteiger partial charge in [0.05, 0.1) is 18.8 Å². The number of carboxylic acid groups (broad SMARTS) is 1. The molecule has 9 heteroatoms. The van der Waals surface area contributed by atoms with E-state index >= 15 is 0 Å². The van der Waals surface area contributed by atoms with Gasteiger partial charge in [0, 0.05) is 13.1 Å². The van der Waals surface area contributed by atoms with E-state index in [1.54, 1.807) is 0 Å². The molecule has 4 aromatic carbocycles. The van der Waals surface area contributed by atoms with Crippen LogP contribution in [0.1, 0.15) is 22.3 Å². The van der Waals surface area contributed by atoms with Gasteiger partial charge in [-0.2, -0.15) is 13.2 Å². The summed E-state index contributed by atoms with van der Waals surface area (Å²) in [6, 6.07) is 29.5. The Morgan fingerprint density at radius 3 is 2.05 bits per heavy atom. The minimum Gasteiger partial charge on any atom is -0.480 e. The molecule has 0 saturated carbocycles. The van der Waals surface area contributed by atoms with Crippen LogP contribution >= 0.6 is 0 Å². The Morgan fingerprint density at radius 2 is 1.40 bits per heavy atom. The van der Waals surface area contributed by atoms with Gasteiger partial charge in [-0.1, -0.05) is 97.1 Å². The molecule has 42 heavy (non-hydrogen) atoms. The predicted octanol–water partition coefficient (Wildman–Crippen LogP) is 6.80. The minimum absolute atomic E-state index is 0.143. The third-order valence-electron chi connectivity index (χ3n) is 6.64. The van der Waals surface area contributed by atoms with E-state index < -0.39 is 29.8 Å². The molecule has 0 heterocycles. The lowest BCUT2D eigenvalue weighted by Crippen LogP contribution is -2.50. The summed E-state index contributed by atoms with van der Waals surface area (Å²) in [7, 11) is 0. The zero-order chi connectivity index (χ0) is 30.0. The van der Waals surface area contributed by atoms with Crippen molar-refractivity contribution in [2.75, 3.05) is 13.2 Å².